The van der Waals surface area contributed by atoms with Gasteiger partial charge in [-0.15, -0.1) is 0 Å². The summed E-state index contributed by atoms with van der Waals surface area (Å²) in [5.41, 5.74) is 1.85. The molecule has 2 heterocycles. The number of hydrogen-bond donors (Lipinski definition) is 0. The topological polar surface area (TPSA) is 22.0 Å². The largest absolute Gasteiger partial charge is 0.341 e. The number of carbonyl (C=O) groups is 1. The summed E-state index contributed by atoms with van der Waals surface area (Å²) >= 11 is 5.88. The first kappa shape index (κ1) is 7.87. The van der Waals surface area contributed by atoms with Crippen molar-refractivity contribution in [2.75, 3.05) is 0 Å². The molecule has 2 rings (SSSR count). The Morgan fingerprint density at radius 3 is 3.08 bits per heavy atom. The van der Waals surface area contributed by atoms with E-state index >= 15 is 0 Å². The van der Waals surface area contributed by atoms with Crippen LogP contribution in [0.4, 0.5) is 0 Å². The van der Waals surface area contributed by atoms with E-state index in [1.165, 1.54) is 12.1 Å². The minimum Gasteiger partial charge on any atom is -0.341 e. The van der Waals surface area contributed by atoms with Gasteiger partial charge in [0.15, 0.2) is 6.29 Å². The van der Waals surface area contributed by atoms with E-state index in [4.69, 9.17) is 11.6 Å². The third kappa shape index (κ3) is 1.07. The zero-order valence-electron chi connectivity index (χ0n) is 6.72. The van der Waals surface area contributed by atoms with Crippen LogP contribution < -0.4 is 0 Å². The average molecular weight is 184 g/mol. The van der Waals surface area contributed by atoms with Crippen LogP contribution in [-0.4, -0.2) is 10.9 Å². The molecule has 0 fully saturated rings. The first-order valence-corrected chi connectivity index (χ1v) is 4.54. The molecule has 0 spiro atoms. The lowest BCUT2D eigenvalue weighted by Crippen LogP contribution is -2.11. The molecular weight excluding hydrogens is 174 g/mol. The van der Waals surface area contributed by atoms with Gasteiger partial charge in [0.25, 0.3) is 0 Å². The number of aryl methyl sites for hydroxylation is 1. The Labute approximate surface area is 76.1 Å². The predicted octanol–water partition coefficient (Wildman–Crippen LogP) is 2.29. The molecule has 2 nitrogen and oxygen atoms in total. The highest BCUT2D eigenvalue weighted by Gasteiger charge is 2.15. The van der Waals surface area contributed by atoms with Gasteiger partial charge in [-0.1, -0.05) is 11.6 Å². The van der Waals surface area contributed by atoms with Crippen LogP contribution in [0.25, 0.3) is 0 Å². The molecule has 0 N–H and O–H groups in total. The van der Waals surface area contributed by atoms with Crippen molar-refractivity contribution in [2.24, 2.45) is 0 Å². The lowest BCUT2D eigenvalue weighted by atomic mass is 10.1. The van der Waals surface area contributed by atoms with Gasteiger partial charge in [0, 0.05) is 12.2 Å². The van der Waals surface area contributed by atoms with Crippen molar-refractivity contribution in [1.29, 1.82) is 0 Å². The van der Waals surface area contributed by atoms with Crippen LogP contribution in [0.5, 0.6) is 0 Å². The highest BCUT2D eigenvalue weighted by molar-refractivity contribution is 6.32. The number of carbonyl (C=O) groups excluding carboxylic acids is 1. The molecule has 3 heteroatoms. The third-order valence-corrected chi connectivity index (χ3v) is 2.65. The summed E-state index contributed by atoms with van der Waals surface area (Å²) < 4.78 is 2.03. The van der Waals surface area contributed by atoms with Crippen LogP contribution >= 0.6 is 11.6 Å². The molecule has 12 heavy (non-hydrogen) atoms. The van der Waals surface area contributed by atoms with E-state index in [9.17, 15) is 4.79 Å². The maximum atomic E-state index is 10.7. The van der Waals surface area contributed by atoms with Gasteiger partial charge < -0.3 is 4.57 Å². The van der Waals surface area contributed by atoms with Crippen LogP contribution in [0.15, 0.2) is 6.07 Å². The third-order valence-electron chi connectivity index (χ3n) is 2.35. The van der Waals surface area contributed by atoms with Crippen molar-refractivity contribution in [3.05, 3.63) is 22.5 Å². The number of aldehydes is 1. The van der Waals surface area contributed by atoms with E-state index in [2.05, 4.69) is 0 Å². The standard InChI is InChI=1S/C9H10ClNO/c10-8-5-7-3-1-2-4-11(7)9(8)6-12/h5-6H,1-4H2. The van der Waals surface area contributed by atoms with Crippen molar-refractivity contribution in [2.45, 2.75) is 25.8 Å². The second-order valence-corrected chi connectivity index (χ2v) is 3.50. The number of rotatable bonds is 1. The summed E-state index contributed by atoms with van der Waals surface area (Å²) in [5, 5.41) is 0.599. The molecule has 0 bridgehead atoms. The number of hydrogen-bond acceptors (Lipinski definition) is 1. The SMILES string of the molecule is O=Cc1c(Cl)cc2n1CCCC2. The number of nitrogens with zero attached hydrogens (tertiary/aromatic N) is 1. The minimum absolute atomic E-state index is 0.599. The second-order valence-electron chi connectivity index (χ2n) is 3.10. The van der Waals surface area contributed by atoms with Gasteiger partial charge in [-0.3, -0.25) is 4.79 Å². The van der Waals surface area contributed by atoms with Gasteiger partial charge in [-0.05, 0) is 25.3 Å². The molecule has 0 saturated carbocycles. The zero-order chi connectivity index (χ0) is 8.55. The molecule has 1 aliphatic heterocycles. The molecule has 1 aliphatic rings. The van der Waals surface area contributed by atoms with Crippen molar-refractivity contribution >= 4 is 17.9 Å². The predicted molar refractivity (Wildman–Crippen MR) is 47.8 cm³/mol. The maximum Gasteiger partial charge on any atom is 0.167 e. The van der Waals surface area contributed by atoms with Crippen molar-refractivity contribution in [1.82, 2.24) is 4.57 Å². The molecule has 64 valence electrons. The molecule has 0 amide bonds. The van der Waals surface area contributed by atoms with Crippen LogP contribution in [-0.2, 0) is 13.0 Å². The molecule has 0 aliphatic carbocycles. The molecule has 0 saturated heterocycles. The Kier molecular flexibility index (Phi) is 1.93. The fourth-order valence-electron chi connectivity index (χ4n) is 1.75. The molecule has 1 aromatic heterocycles. The fourth-order valence-corrected chi connectivity index (χ4v) is 2.02. The highest BCUT2D eigenvalue weighted by atomic mass is 35.5. The molecule has 0 unspecified atom stereocenters. The van der Waals surface area contributed by atoms with E-state index in [1.807, 2.05) is 10.6 Å². The van der Waals surface area contributed by atoms with E-state index in [-0.39, 0.29) is 0 Å². The fraction of sp³-hybridized carbons (Fsp3) is 0.444. The van der Waals surface area contributed by atoms with Gasteiger partial charge >= 0.3 is 0 Å². The number of halogens is 1. The Balaban J connectivity index is 2.53. The molecule has 0 radical (unpaired) electrons. The summed E-state index contributed by atoms with van der Waals surface area (Å²) in [6, 6.07) is 1.91. The van der Waals surface area contributed by atoms with Gasteiger partial charge in [0.1, 0.15) is 5.69 Å². The summed E-state index contributed by atoms with van der Waals surface area (Å²) in [7, 11) is 0. The van der Waals surface area contributed by atoms with Crippen molar-refractivity contribution < 1.29 is 4.79 Å². The van der Waals surface area contributed by atoms with Crippen LogP contribution in [0.1, 0.15) is 29.0 Å². The second kappa shape index (κ2) is 2.94. The lowest BCUT2D eigenvalue weighted by molar-refractivity contribution is 0.111. The molecule has 1 aromatic rings. The summed E-state index contributed by atoms with van der Waals surface area (Å²) in [4.78, 5) is 10.7. The van der Waals surface area contributed by atoms with Gasteiger partial charge in [0.05, 0.1) is 5.02 Å². The molecule has 0 aromatic carbocycles. The monoisotopic (exact) mass is 183 g/mol. The average Bonchev–Trinajstić information content (AvgIpc) is 2.40. The van der Waals surface area contributed by atoms with Gasteiger partial charge in [0.2, 0.25) is 0 Å². The van der Waals surface area contributed by atoms with E-state index in [1.54, 1.807) is 0 Å². The first-order valence-electron chi connectivity index (χ1n) is 4.16. The highest BCUT2D eigenvalue weighted by Crippen LogP contribution is 2.24. The van der Waals surface area contributed by atoms with Crippen LogP contribution in [0.3, 0.4) is 0 Å². The summed E-state index contributed by atoms with van der Waals surface area (Å²) in [6.45, 7) is 0.941. The minimum atomic E-state index is 0.599. The van der Waals surface area contributed by atoms with E-state index in [0.717, 1.165) is 25.7 Å². The quantitative estimate of drug-likeness (QED) is 0.613. The Morgan fingerprint density at radius 2 is 2.33 bits per heavy atom. The summed E-state index contributed by atoms with van der Waals surface area (Å²) in [5.74, 6) is 0. The van der Waals surface area contributed by atoms with E-state index < -0.39 is 0 Å². The molecular formula is C9H10ClNO. The van der Waals surface area contributed by atoms with Crippen LogP contribution in [0.2, 0.25) is 5.02 Å². The summed E-state index contributed by atoms with van der Waals surface area (Å²) in [6.07, 6.45) is 4.25. The van der Waals surface area contributed by atoms with Gasteiger partial charge in [-0.2, -0.15) is 0 Å². The Bertz CT molecular complexity index is 317. The van der Waals surface area contributed by atoms with Crippen molar-refractivity contribution in [3.63, 3.8) is 0 Å². The normalized spacial score (nSPS) is 15.8. The number of aromatic nitrogens is 1. The Hall–Kier alpha value is -0.760. The number of fused-ring (bicyclic) bond motifs is 1. The lowest BCUT2D eigenvalue weighted by Gasteiger charge is -2.15. The molecule has 0 atom stereocenters. The Morgan fingerprint density at radius 1 is 1.50 bits per heavy atom. The van der Waals surface area contributed by atoms with Crippen LogP contribution in [0, 0.1) is 0 Å². The maximum absolute atomic E-state index is 10.7. The van der Waals surface area contributed by atoms with Crippen molar-refractivity contribution in [3.8, 4) is 0 Å². The first-order chi connectivity index (χ1) is 5.83. The van der Waals surface area contributed by atoms with E-state index in [0.29, 0.717) is 10.7 Å². The smallest absolute Gasteiger partial charge is 0.167 e. The van der Waals surface area contributed by atoms with Gasteiger partial charge in [-0.25, -0.2) is 0 Å². The zero-order valence-corrected chi connectivity index (χ0v) is 7.47.